The molecule has 0 radical (unpaired) electrons. The van der Waals surface area contributed by atoms with Crippen molar-refractivity contribution in [2.45, 2.75) is 20.4 Å². The lowest BCUT2D eigenvalue weighted by atomic mass is 10.3. The normalized spacial score (nSPS) is 10.1. The van der Waals surface area contributed by atoms with Crippen LogP contribution >= 0.6 is 11.3 Å². The van der Waals surface area contributed by atoms with Gasteiger partial charge in [-0.25, -0.2) is 4.98 Å². The summed E-state index contributed by atoms with van der Waals surface area (Å²) < 4.78 is 1.71. The van der Waals surface area contributed by atoms with Crippen LogP contribution < -0.4 is 5.32 Å². The van der Waals surface area contributed by atoms with Gasteiger partial charge in [0, 0.05) is 17.3 Å². The summed E-state index contributed by atoms with van der Waals surface area (Å²) in [6.45, 7) is 3.87. The van der Waals surface area contributed by atoms with Crippen LogP contribution in [-0.4, -0.2) is 15.5 Å². The average molecular weight is 260 g/mol. The lowest BCUT2D eigenvalue weighted by Gasteiger charge is -2.07. The topological polar surface area (TPSA) is 70.7 Å². The maximum Gasteiger partial charge on any atom is 0.246 e. The first-order valence-corrected chi connectivity index (χ1v) is 6.26. The molecule has 0 saturated heterocycles. The number of hydrogen-bond donors (Lipinski definition) is 1. The van der Waals surface area contributed by atoms with Crippen LogP contribution in [0.4, 0.5) is 5.13 Å². The van der Waals surface area contributed by atoms with Crippen LogP contribution in [0.3, 0.4) is 0 Å². The number of amides is 1. The van der Waals surface area contributed by atoms with Crippen molar-refractivity contribution in [1.29, 1.82) is 5.26 Å². The summed E-state index contributed by atoms with van der Waals surface area (Å²) in [5, 5.41) is 14.1. The second-order valence-corrected chi connectivity index (χ2v) is 4.80. The minimum absolute atomic E-state index is 0.127. The fourth-order valence-electron chi connectivity index (χ4n) is 1.79. The molecular formula is C12H12N4OS. The summed E-state index contributed by atoms with van der Waals surface area (Å²) >= 11 is 1.36. The molecule has 18 heavy (non-hydrogen) atoms. The van der Waals surface area contributed by atoms with E-state index in [9.17, 15) is 4.79 Å². The largest absolute Gasteiger partial charge is 0.327 e. The van der Waals surface area contributed by atoms with E-state index in [-0.39, 0.29) is 12.5 Å². The van der Waals surface area contributed by atoms with E-state index in [0.717, 1.165) is 11.3 Å². The van der Waals surface area contributed by atoms with Gasteiger partial charge in [0.2, 0.25) is 5.91 Å². The molecule has 6 heteroatoms. The second kappa shape index (κ2) is 5.02. The van der Waals surface area contributed by atoms with Gasteiger partial charge in [-0.05, 0) is 25.5 Å². The minimum atomic E-state index is -0.180. The van der Waals surface area contributed by atoms with Crippen LogP contribution in [0.25, 0.3) is 0 Å². The monoisotopic (exact) mass is 260 g/mol. The predicted molar refractivity (Wildman–Crippen MR) is 69.4 cm³/mol. The molecule has 0 aliphatic heterocycles. The first-order valence-electron chi connectivity index (χ1n) is 5.38. The molecule has 2 aromatic rings. The van der Waals surface area contributed by atoms with Gasteiger partial charge in [0.05, 0.1) is 0 Å². The summed E-state index contributed by atoms with van der Waals surface area (Å²) in [6, 6.07) is 4.02. The number of nitriles is 1. The number of aryl methyl sites for hydroxylation is 2. The molecule has 92 valence electrons. The number of thiazole rings is 1. The molecule has 0 unspecified atom stereocenters. The fraction of sp³-hybridized carbons (Fsp3) is 0.250. The average Bonchev–Trinajstić information content (AvgIpc) is 2.89. The first kappa shape index (κ1) is 12.3. The zero-order valence-electron chi connectivity index (χ0n) is 10.1. The van der Waals surface area contributed by atoms with Crippen LogP contribution in [0.2, 0.25) is 0 Å². The molecule has 0 aliphatic rings. The van der Waals surface area contributed by atoms with Crippen LogP contribution in [0.5, 0.6) is 0 Å². The van der Waals surface area contributed by atoms with Crippen molar-refractivity contribution < 1.29 is 4.79 Å². The number of carbonyl (C=O) groups excluding carboxylic acids is 1. The zero-order valence-corrected chi connectivity index (χ0v) is 10.9. The number of hydrogen-bond acceptors (Lipinski definition) is 4. The first-order chi connectivity index (χ1) is 8.61. The van der Waals surface area contributed by atoms with Gasteiger partial charge in [-0.2, -0.15) is 5.26 Å². The number of carbonyl (C=O) groups is 1. The van der Waals surface area contributed by atoms with Crippen molar-refractivity contribution in [3.05, 3.63) is 34.6 Å². The van der Waals surface area contributed by atoms with E-state index in [1.54, 1.807) is 16.1 Å². The molecule has 0 atom stereocenters. The Labute approximate surface area is 109 Å². The Morgan fingerprint density at radius 3 is 3.00 bits per heavy atom. The molecule has 0 saturated carbocycles. The smallest absolute Gasteiger partial charge is 0.246 e. The second-order valence-electron chi connectivity index (χ2n) is 3.90. The highest BCUT2D eigenvalue weighted by molar-refractivity contribution is 7.13. The lowest BCUT2D eigenvalue weighted by molar-refractivity contribution is -0.116. The van der Waals surface area contributed by atoms with Gasteiger partial charge < -0.3 is 9.88 Å². The van der Waals surface area contributed by atoms with E-state index in [4.69, 9.17) is 5.26 Å². The maximum atomic E-state index is 11.8. The zero-order chi connectivity index (χ0) is 13.1. The molecule has 2 aromatic heterocycles. The highest BCUT2D eigenvalue weighted by atomic mass is 32.1. The summed E-state index contributed by atoms with van der Waals surface area (Å²) in [7, 11) is 0. The van der Waals surface area contributed by atoms with Crippen LogP contribution in [0.15, 0.2) is 17.6 Å². The van der Waals surface area contributed by atoms with Crippen molar-refractivity contribution in [2.75, 3.05) is 5.32 Å². The van der Waals surface area contributed by atoms with Gasteiger partial charge in [-0.3, -0.25) is 4.79 Å². The van der Waals surface area contributed by atoms with Crippen molar-refractivity contribution in [1.82, 2.24) is 9.55 Å². The summed E-state index contributed by atoms with van der Waals surface area (Å²) in [5.41, 5.74) is 2.32. The predicted octanol–water partition coefficient (Wildman–Crippen LogP) is 2.07. The summed E-state index contributed by atoms with van der Waals surface area (Å²) in [6.07, 6.45) is 1.63. The van der Waals surface area contributed by atoms with Gasteiger partial charge in [-0.1, -0.05) is 0 Å². The Hall–Kier alpha value is -2.13. The standard InChI is InChI=1S/C12H12N4OS/c1-8-5-9(2)16(10(8)6-13)7-11(17)15-12-14-3-4-18-12/h3-5H,7H2,1-2H3,(H,14,15,17). The number of nitrogens with zero attached hydrogens (tertiary/aromatic N) is 3. The molecule has 0 aromatic carbocycles. The molecule has 2 rings (SSSR count). The molecule has 0 fully saturated rings. The van der Waals surface area contributed by atoms with E-state index in [2.05, 4.69) is 16.4 Å². The van der Waals surface area contributed by atoms with Crippen molar-refractivity contribution in [2.24, 2.45) is 0 Å². The van der Waals surface area contributed by atoms with Gasteiger partial charge in [0.25, 0.3) is 0 Å². The summed E-state index contributed by atoms with van der Waals surface area (Å²) in [4.78, 5) is 15.8. The van der Waals surface area contributed by atoms with Crippen molar-refractivity contribution >= 4 is 22.4 Å². The third kappa shape index (κ3) is 2.41. The van der Waals surface area contributed by atoms with Gasteiger partial charge in [-0.15, -0.1) is 11.3 Å². The molecule has 0 aliphatic carbocycles. The Kier molecular flexibility index (Phi) is 3.44. The molecule has 0 spiro atoms. The molecular weight excluding hydrogens is 248 g/mol. The Morgan fingerprint density at radius 2 is 2.39 bits per heavy atom. The maximum absolute atomic E-state index is 11.8. The number of anilines is 1. The Bertz CT molecular complexity index is 607. The van der Waals surface area contributed by atoms with E-state index >= 15 is 0 Å². The number of nitrogens with one attached hydrogen (secondary N) is 1. The Morgan fingerprint density at radius 1 is 1.61 bits per heavy atom. The SMILES string of the molecule is Cc1cc(C)n(CC(=O)Nc2nccs2)c1C#N. The lowest BCUT2D eigenvalue weighted by Crippen LogP contribution is -2.20. The van der Waals surface area contributed by atoms with Gasteiger partial charge in [0.1, 0.15) is 18.3 Å². The molecule has 1 N–H and O–H groups in total. The summed E-state index contributed by atoms with van der Waals surface area (Å²) in [5.74, 6) is -0.180. The number of aromatic nitrogens is 2. The molecule has 1 amide bonds. The third-order valence-electron chi connectivity index (χ3n) is 2.58. The van der Waals surface area contributed by atoms with E-state index in [1.807, 2.05) is 19.9 Å². The molecule has 5 nitrogen and oxygen atoms in total. The van der Waals surface area contributed by atoms with Gasteiger partial charge >= 0.3 is 0 Å². The van der Waals surface area contributed by atoms with Crippen molar-refractivity contribution in [3.8, 4) is 6.07 Å². The van der Waals surface area contributed by atoms with Crippen LogP contribution in [-0.2, 0) is 11.3 Å². The van der Waals surface area contributed by atoms with E-state index in [1.165, 1.54) is 11.3 Å². The fourth-order valence-corrected chi connectivity index (χ4v) is 2.33. The minimum Gasteiger partial charge on any atom is -0.327 e. The van der Waals surface area contributed by atoms with E-state index in [0.29, 0.717) is 10.8 Å². The number of rotatable bonds is 3. The van der Waals surface area contributed by atoms with Crippen molar-refractivity contribution in [3.63, 3.8) is 0 Å². The van der Waals surface area contributed by atoms with E-state index < -0.39 is 0 Å². The molecule has 0 bridgehead atoms. The third-order valence-corrected chi connectivity index (χ3v) is 3.27. The van der Waals surface area contributed by atoms with Crippen LogP contribution in [0, 0.1) is 25.2 Å². The van der Waals surface area contributed by atoms with Gasteiger partial charge in [0.15, 0.2) is 5.13 Å². The molecule has 2 heterocycles. The quantitative estimate of drug-likeness (QED) is 0.918. The highest BCUT2D eigenvalue weighted by Gasteiger charge is 2.13. The Balaban J connectivity index is 2.15. The highest BCUT2D eigenvalue weighted by Crippen LogP contribution is 2.15. The van der Waals surface area contributed by atoms with Crippen LogP contribution in [0.1, 0.15) is 17.0 Å².